The van der Waals surface area contributed by atoms with E-state index in [0.717, 1.165) is 0 Å². The fourth-order valence-electron chi connectivity index (χ4n) is 1.99. The summed E-state index contributed by atoms with van der Waals surface area (Å²) in [6, 6.07) is 11.1. The second-order valence-electron chi connectivity index (χ2n) is 4.50. The molecule has 0 atom stereocenters. The predicted molar refractivity (Wildman–Crippen MR) is 89.6 cm³/mol. The Morgan fingerprint density at radius 1 is 1.30 bits per heavy atom. The molecular formula is C16H10Cl2N2O3. The molecule has 116 valence electrons. The Morgan fingerprint density at radius 3 is 2.48 bits per heavy atom. The van der Waals surface area contributed by atoms with E-state index in [1.54, 1.807) is 24.3 Å². The van der Waals surface area contributed by atoms with Gasteiger partial charge >= 0.3 is 0 Å². The molecule has 5 nitrogen and oxygen atoms in total. The molecule has 0 saturated carbocycles. The van der Waals surface area contributed by atoms with Gasteiger partial charge in [-0.05, 0) is 29.3 Å². The summed E-state index contributed by atoms with van der Waals surface area (Å²) in [7, 11) is 1.45. The fourth-order valence-corrected chi connectivity index (χ4v) is 2.65. The first-order valence-electron chi connectivity index (χ1n) is 6.36. The minimum Gasteiger partial charge on any atom is -0.494 e. The number of benzene rings is 2. The maximum Gasteiger partial charge on any atom is 0.270 e. The lowest BCUT2D eigenvalue weighted by Crippen LogP contribution is -1.90. The molecule has 0 aliphatic rings. The van der Waals surface area contributed by atoms with E-state index in [-0.39, 0.29) is 11.3 Å². The molecule has 0 amide bonds. The highest BCUT2D eigenvalue weighted by molar-refractivity contribution is 6.37. The van der Waals surface area contributed by atoms with Gasteiger partial charge in [0.1, 0.15) is 0 Å². The standard InChI is InChI=1S/C16H10Cl2N2O3/c1-23-16-14(17)6-10(7-15(16)18)5-12(9-19)11-3-2-4-13(8-11)20(21)22/h2-8H,1H3/b12-5-. The first kappa shape index (κ1) is 16.8. The number of nitro groups is 1. The quantitative estimate of drug-likeness (QED) is 0.338. The minimum absolute atomic E-state index is 0.0885. The fraction of sp³-hybridized carbons (Fsp3) is 0.0625. The summed E-state index contributed by atoms with van der Waals surface area (Å²) < 4.78 is 5.06. The Kier molecular flexibility index (Phi) is 5.22. The lowest BCUT2D eigenvalue weighted by molar-refractivity contribution is -0.384. The van der Waals surface area contributed by atoms with Crippen LogP contribution in [0.15, 0.2) is 36.4 Å². The Labute approximate surface area is 142 Å². The van der Waals surface area contributed by atoms with Gasteiger partial charge in [0.25, 0.3) is 5.69 Å². The molecule has 0 spiro atoms. The summed E-state index contributed by atoms with van der Waals surface area (Å²) in [5.41, 5.74) is 1.19. The molecule has 23 heavy (non-hydrogen) atoms. The van der Waals surface area contributed by atoms with E-state index in [0.29, 0.717) is 26.9 Å². The lowest BCUT2D eigenvalue weighted by atomic mass is 10.0. The smallest absolute Gasteiger partial charge is 0.270 e. The monoisotopic (exact) mass is 348 g/mol. The highest BCUT2D eigenvalue weighted by Crippen LogP contribution is 2.35. The third-order valence-corrected chi connectivity index (χ3v) is 3.59. The van der Waals surface area contributed by atoms with Crippen LogP contribution in [0.4, 0.5) is 5.69 Å². The van der Waals surface area contributed by atoms with E-state index in [9.17, 15) is 15.4 Å². The lowest BCUT2D eigenvalue weighted by Gasteiger charge is -2.07. The van der Waals surface area contributed by atoms with Gasteiger partial charge in [-0.2, -0.15) is 5.26 Å². The summed E-state index contributed by atoms with van der Waals surface area (Å²) in [4.78, 5) is 10.3. The van der Waals surface area contributed by atoms with Gasteiger partial charge in [0, 0.05) is 12.1 Å². The van der Waals surface area contributed by atoms with Crippen molar-refractivity contribution >= 4 is 40.5 Å². The van der Waals surface area contributed by atoms with Crippen LogP contribution in [0.2, 0.25) is 10.0 Å². The van der Waals surface area contributed by atoms with Crippen LogP contribution in [0, 0.1) is 21.4 Å². The van der Waals surface area contributed by atoms with Crippen LogP contribution in [0.25, 0.3) is 11.6 Å². The number of ether oxygens (including phenoxy) is 1. The summed E-state index contributed by atoms with van der Waals surface area (Å²) in [5.74, 6) is 0.347. The first-order valence-corrected chi connectivity index (χ1v) is 7.11. The van der Waals surface area contributed by atoms with Crippen LogP contribution < -0.4 is 4.74 Å². The summed E-state index contributed by atoms with van der Waals surface area (Å²) in [6.45, 7) is 0. The number of nitriles is 1. The first-order chi connectivity index (χ1) is 11.0. The van der Waals surface area contributed by atoms with Crippen molar-refractivity contribution in [2.24, 2.45) is 0 Å². The number of nitro benzene ring substituents is 1. The van der Waals surface area contributed by atoms with Crippen molar-refractivity contribution in [1.82, 2.24) is 0 Å². The highest BCUT2D eigenvalue weighted by Gasteiger charge is 2.11. The second-order valence-corrected chi connectivity index (χ2v) is 5.31. The van der Waals surface area contributed by atoms with Gasteiger partial charge in [-0.15, -0.1) is 0 Å². The molecule has 2 aromatic rings. The molecule has 7 heteroatoms. The number of allylic oxidation sites excluding steroid dienone is 1. The third kappa shape index (κ3) is 3.81. The largest absolute Gasteiger partial charge is 0.494 e. The summed E-state index contributed by atoms with van der Waals surface area (Å²) >= 11 is 12.1. The van der Waals surface area contributed by atoms with Crippen LogP contribution in [-0.4, -0.2) is 12.0 Å². The Morgan fingerprint density at radius 2 is 1.96 bits per heavy atom. The van der Waals surface area contributed by atoms with Crippen LogP contribution >= 0.6 is 23.2 Å². The molecule has 0 fully saturated rings. The van der Waals surface area contributed by atoms with Crippen LogP contribution in [0.1, 0.15) is 11.1 Å². The molecule has 0 radical (unpaired) electrons. The van der Waals surface area contributed by atoms with Crippen molar-refractivity contribution < 1.29 is 9.66 Å². The Balaban J connectivity index is 2.50. The van der Waals surface area contributed by atoms with Gasteiger partial charge in [0.15, 0.2) is 5.75 Å². The van der Waals surface area contributed by atoms with E-state index in [4.69, 9.17) is 27.9 Å². The van der Waals surface area contributed by atoms with Gasteiger partial charge in [0.05, 0.1) is 33.7 Å². The number of methoxy groups -OCH3 is 1. The topological polar surface area (TPSA) is 76.2 Å². The number of halogens is 2. The molecule has 2 aromatic carbocycles. The normalized spacial score (nSPS) is 11.0. The van der Waals surface area contributed by atoms with Gasteiger partial charge in [-0.3, -0.25) is 10.1 Å². The van der Waals surface area contributed by atoms with Crippen molar-refractivity contribution in [3.8, 4) is 11.8 Å². The van der Waals surface area contributed by atoms with E-state index in [2.05, 4.69) is 0 Å². The zero-order chi connectivity index (χ0) is 17.0. The average molecular weight is 349 g/mol. The molecule has 0 aliphatic heterocycles. The average Bonchev–Trinajstić information content (AvgIpc) is 2.52. The number of nitrogens with zero attached hydrogens (tertiary/aromatic N) is 2. The molecule has 0 aliphatic carbocycles. The molecule has 0 saturated heterocycles. The van der Waals surface area contributed by atoms with Crippen LogP contribution in [0.5, 0.6) is 5.75 Å². The molecule has 2 rings (SSSR count). The zero-order valence-corrected chi connectivity index (χ0v) is 13.4. The van der Waals surface area contributed by atoms with Crippen LogP contribution in [-0.2, 0) is 0 Å². The van der Waals surface area contributed by atoms with Crippen LogP contribution in [0.3, 0.4) is 0 Å². The van der Waals surface area contributed by atoms with Gasteiger partial charge in [0.2, 0.25) is 0 Å². The summed E-state index contributed by atoms with van der Waals surface area (Å²) in [5, 5.41) is 20.8. The van der Waals surface area contributed by atoms with E-state index in [1.165, 1.54) is 25.3 Å². The molecule has 0 aromatic heterocycles. The molecule has 0 bridgehead atoms. The van der Waals surface area contributed by atoms with E-state index >= 15 is 0 Å². The van der Waals surface area contributed by atoms with E-state index in [1.807, 2.05) is 6.07 Å². The number of hydrogen-bond acceptors (Lipinski definition) is 4. The number of rotatable bonds is 4. The maximum absolute atomic E-state index is 10.8. The Bertz CT molecular complexity index is 818. The van der Waals surface area contributed by atoms with Crippen molar-refractivity contribution in [3.63, 3.8) is 0 Å². The summed E-state index contributed by atoms with van der Waals surface area (Å²) in [6.07, 6.45) is 1.55. The molecule has 0 heterocycles. The second kappa shape index (κ2) is 7.14. The van der Waals surface area contributed by atoms with Gasteiger partial charge in [-0.1, -0.05) is 35.3 Å². The third-order valence-electron chi connectivity index (χ3n) is 3.02. The van der Waals surface area contributed by atoms with Crippen molar-refractivity contribution in [2.75, 3.05) is 7.11 Å². The maximum atomic E-state index is 10.8. The molecular weight excluding hydrogens is 339 g/mol. The Hall–Kier alpha value is -2.55. The SMILES string of the molecule is COc1c(Cl)cc(/C=C(/C#N)c2cccc([N+](=O)[O-])c2)cc1Cl. The molecule has 0 unspecified atom stereocenters. The van der Waals surface area contributed by atoms with Crippen molar-refractivity contribution in [1.29, 1.82) is 5.26 Å². The van der Waals surface area contributed by atoms with Crippen molar-refractivity contribution in [2.45, 2.75) is 0 Å². The highest BCUT2D eigenvalue weighted by atomic mass is 35.5. The predicted octanol–water partition coefficient (Wildman–Crippen LogP) is 4.97. The number of non-ortho nitro benzene ring substituents is 1. The van der Waals surface area contributed by atoms with Crippen molar-refractivity contribution in [3.05, 3.63) is 67.7 Å². The number of hydrogen-bond donors (Lipinski definition) is 0. The molecule has 0 N–H and O–H groups in total. The van der Waals surface area contributed by atoms with Gasteiger partial charge < -0.3 is 4.74 Å². The van der Waals surface area contributed by atoms with E-state index < -0.39 is 4.92 Å². The zero-order valence-electron chi connectivity index (χ0n) is 11.9. The van der Waals surface area contributed by atoms with Gasteiger partial charge in [-0.25, -0.2) is 0 Å². The minimum atomic E-state index is -0.514.